The zero-order chi connectivity index (χ0) is 41.5. The minimum atomic E-state index is -0.491. The first kappa shape index (κ1) is 35.5. The van der Waals surface area contributed by atoms with Crippen molar-refractivity contribution in [3.05, 3.63) is 245 Å². The summed E-state index contributed by atoms with van der Waals surface area (Å²) in [6, 6.07) is 75.8. The van der Waals surface area contributed by atoms with Gasteiger partial charge in [-0.05, 0) is 137 Å². The Bertz CT molecular complexity index is 3350. The highest BCUT2D eigenvalue weighted by Gasteiger charge is 2.54. The van der Waals surface area contributed by atoms with Crippen molar-refractivity contribution in [3.63, 3.8) is 0 Å². The SMILES string of the molecule is CC1(C)c2ccccc2-c2ccc(N(c3ccc(-c4ccccc4)cc3)c3ccc4c(c3)C3(c5ccccc5-4)c4ccccc4-c4c3ccc3c4-c4ccccc4C3(C)C)cc21. The number of hydrogen-bond acceptors (Lipinski definition) is 1. The van der Waals surface area contributed by atoms with Crippen molar-refractivity contribution in [2.24, 2.45) is 0 Å². The maximum Gasteiger partial charge on any atom is 0.0726 e. The van der Waals surface area contributed by atoms with Crippen LogP contribution in [0.25, 0.3) is 55.6 Å². The highest BCUT2D eigenvalue weighted by molar-refractivity contribution is 6.03. The van der Waals surface area contributed by atoms with Gasteiger partial charge >= 0.3 is 0 Å². The molecule has 9 aromatic rings. The van der Waals surface area contributed by atoms with Crippen molar-refractivity contribution < 1.29 is 0 Å². The number of anilines is 3. The van der Waals surface area contributed by atoms with Gasteiger partial charge < -0.3 is 4.90 Å². The molecule has 9 aromatic carbocycles. The quantitative estimate of drug-likeness (QED) is 0.172. The summed E-state index contributed by atoms with van der Waals surface area (Å²) in [7, 11) is 0. The minimum Gasteiger partial charge on any atom is -0.310 e. The summed E-state index contributed by atoms with van der Waals surface area (Å²) in [5.41, 5.74) is 27.0. The normalized spacial score (nSPS) is 17.0. The van der Waals surface area contributed by atoms with Crippen molar-refractivity contribution in [1.29, 1.82) is 0 Å². The largest absolute Gasteiger partial charge is 0.310 e. The fraction of sp³-hybridized carbons (Fsp3) is 0.115. The Morgan fingerprint density at radius 2 is 0.677 bits per heavy atom. The van der Waals surface area contributed by atoms with Crippen molar-refractivity contribution in [2.45, 2.75) is 43.9 Å². The lowest BCUT2D eigenvalue weighted by atomic mass is 9.70. The maximum atomic E-state index is 2.53. The number of fused-ring (bicyclic) bond motifs is 17. The number of benzene rings is 9. The summed E-state index contributed by atoms with van der Waals surface area (Å²) >= 11 is 0. The molecule has 0 saturated heterocycles. The molecule has 4 aliphatic rings. The standard InChI is InChI=1S/C61H45N/c1-59(2)50-23-13-10-20-47(50)57-53(59)34-35-54-58(57)48-21-11-15-25-52(48)61(54)51-24-14-9-19-44(51)46-33-31-42(37-56(46)61)62(40-28-26-39(27-29-40)38-16-6-5-7-17-38)41-30-32-45-43-18-8-12-22-49(43)60(3,4)55(45)36-41/h5-37H,1-4H3. The third-order valence-corrected chi connectivity index (χ3v) is 15.1. The highest BCUT2D eigenvalue weighted by atomic mass is 15.1. The van der Waals surface area contributed by atoms with Gasteiger partial charge in [0.2, 0.25) is 0 Å². The maximum absolute atomic E-state index is 2.53. The molecule has 0 aromatic heterocycles. The van der Waals surface area contributed by atoms with Crippen molar-refractivity contribution in [1.82, 2.24) is 0 Å². The summed E-state index contributed by atoms with van der Waals surface area (Å²) in [4.78, 5) is 2.49. The molecule has 0 radical (unpaired) electrons. The Kier molecular flexibility index (Phi) is 7.12. The van der Waals surface area contributed by atoms with Crippen LogP contribution in [0.4, 0.5) is 17.1 Å². The fourth-order valence-corrected chi connectivity index (χ4v) is 12.3. The molecule has 4 aliphatic carbocycles. The average molecular weight is 792 g/mol. The van der Waals surface area contributed by atoms with E-state index in [0.29, 0.717) is 0 Å². The molecule has 1 spiro atoms. The van der Waals surface area contributed by atoms with E-state index in [-0.39, 0.29) is 10.8 Å². The molecule has 0 aliphatic heterocycles. The highest BCUT2D eigenvalue weighted by Crippen LogP contribution is 2.67. The first-order valence-corrected chi connectivity index (χ1v) is 22.1. The van der Waals surface area contributed by atoms with Crippen LogP contribution in [0, 0.1) is 0 Å². The molecule has 0 fully saturated rings. The van der Waals surface area contributed by atoms with E-state index in [0.717, 1.165) is 17.1 Å². The van der Waals surface area contributed by atoms with E-state index < -0.39 is 5.41 Å². The third-order valence-electron chi connectivity index (χ3n) is 15.1. The molecule has 62 heavy (non-hydrogen) atoms. The van der Waals surface area contributed by atoms with E-state index in [1.54, 1.807) is 0 Å². The van der Waals surface area contributed by atoms with Gasteiger partial charge in [0.15, 0.2) is 0 Å². The first-order chi connectivity index (χ1) is 30.3. The van der Waals surface area contributed by atoms with Crippen LogP contribution in [0.1, 0.15) is 72.2 Å². The van der Waals surface area contributed by atoms with Crippen LogP contribution in [0.5, 0.6) is 0 Å². The lowest BCUT2D eigenvalue weighted by Gasteiger charge is -2.33. The Balaban J connectivity index is 1.07. The Morgan fingerprint density at radius 3 is 1.34 bits per heavy atom. The number of nitrogens with zero attached hydrogens (tertiary/aromatic N) is 1. The van der Waals surface area contributed by atoms with Crippen LogP contribution >= 0.6 is 0 Å². The molecule has 0 bridgehead atoms. The predicted molar refractivity (Wildman–Crippen MR) is 258 cm³/mol. The molecule has 13 rings (SSSR count). The van der Waals surface area contributed by atoms with Crippen LogP contribution in [0.2, 0.25) is 0 Å². The Labute approximate surface area is 364 Å². The predicted octanol–water partition coefficient (Wildman–Crippen LogP) is 15.8. The van der Waals surface area contributed by atoms with E-state index in [9.17, 15) is 0 Å². The topological polar surface area (TPSA) is 3.24 Å². The molecule has 0 N–H and O–H groups in total. The number of hydrogen-bond donors (Lipinski definition) is 0. The molecule has 0 saturated carbocycles. The van der Waals surface area contributed by atoms with Gasteiger partial charge in [-0.15, -0.1) is 0 Å². The molecule has 1 nitrogen and oxygen atoms in total. The van der Waals surface area contributed by atoms with Gasteiger partial charge in [0, 0.05) is 27.9 Å². The first-order valence-electron chi connectivity index (χ1n) is 22.1. The number of rotatable bonds is 4. The third kappa shape index (κ3) is 4.48. The Hall–Kier alpha value is -7.22. The van der Waals surface area contributed by atoms with Crippen molar-refractivity contribution in [2.75, 3.05) is 4.90 Å². The van der Waals surface area contributed by atoms with Crippen LogP contribution in [-0.2, 0) is 16.2 Å². The zero-order valence-corrected chi connectivity index (χ0v) is 35.5. The molecule has 1 atom stereocenters. The smallest absolute Gasteiger partial charge is 0.0726 e. The molecule has 1 heteroatoms. The fourth-order valence-electron chi connectivity index (χ4n) is 12.3. The molecular weight excluding hydrogens is 747 g/mol. The summed E-state index contributed by atoms with van der Waals surface area (Å²) in [6.45, 7) is 9.55. The van der Waals surface area contributed by atoms with Gasteiger partial charge in [0.05, 0.1) is 5.41 Å². The molecular formula is C61H45N. The van der Waals surface area contributed by atoms with Crippen LogP contribution in [0.15, 0.2) is 200 Å². The summed E-state index contributed by atoms with van der Waals surface area (Å²) in [5.74, 6) is 0. The van der Waals surface area contributed by atoms with E-state index in [1.807, 2.05) is 0 Å². The lowest BCUT2D eigenvalue weighted by molar-refractivity contribution is 0.660. The summed E-state index contributed by atoms with van der Waals surface area (Å²) in [6.07, 6.45) is 0. The van der Waals surface area contributed by atoms with E-state index in [2.05, 4.69) is 233 Å². The second-order valence-corrected chi connectivity index (χ2v) is 18.8. The lowest BCUT2D eigenvalue weighted by Crippen LogP contribution is -2.26. The summed E-state index contributed by atoms with van der Waals surface area (Å²) < 4.78 is 0. The average Bonchev–Trinajstić information content (AvgIpc) is 3.95. The molecule has 0 heterocycles. The minimum absolute atomic E-state index is 0.0906. The van der Waals surface area contributed by atoms with Gasteiger partial charge in [-0.1, -0.05) is 191 Å². The van der Waals surface area contributed by atoms with Gasteiger partial charge in [-0.3, -0.25) is 0 Å². The second-order valence-electron chi connectivity index (χ2n) is 18.8. The van der Waals surface area contributed by atoms with Gasteiger partial charge in [-0.2, -0.15) is 0 Å². The molecule has 294 valence electrons. The zero-order valence-electron chi connectivity index (χ0n) is 35.5. The van der Waals surface area contributed by atoms with Crippen LogP contribution < -0.4 is 4.90 Å². The van der Waals surface area contributed by atoms with Crippen LogP contribution in [0.3, 0.4) is 0 Å². The monoisotopic (exact) mass is 791 g/mol. The van der Waals surface area contributed by atoms with Gasteiger partial charge in [0.1, 0.15) is 0 Å². The molecule has 0 amide bonds. The van der Waals surface area contributed by atoms with Gasteiger partial charge in [-0.25, -0.2) is 0 Å². The summed E-state index contributed by atoms with van der Waals surface area (Å²) in [5, 5.41) is 0. The molecule has 1 unspecified atom stereocenters. The van der Waals surface area contributed by atoms with E-state index in [1.165, 1.54) is 100 Å². The van der Waals surface area contributed by atoms with Crippen LogP contribution in [-0.4, -0.2) is 0 Å². The second kappa shape index (κ2) is 12.4. The van der Waals surface area contributed by atoms with E-state index >= 15 is 0 Å². The van der Waals surface area contributed by atoms with Crippen molar-refractivity contribution in [3.8, 4) is 55.6 Å². The van der Waals surface area contributed by atoms with E-state index in [4.69, 9.17) is 0 Å². The van der Waals surface area contributed by atoms with Crippen molar-refractivity contribution >= 4 is 17.1 Å². The Morgan fingerprint density at radius 1 is 0.274 bits per heavy atom. The van der Waals surface area contributed by atoms with Gasteiger partial charge in [0.25, 0.3) is 0 Å².